The molecule has 0 amide bonds. The topological polar surface area (TPSA) is 49.8 Å². The first kappa shape index (κ1) is 23.9. The molecular weight excluding hydrogens is 374 g/mol. The van der Waals surface area contributed by atoms with Gasteiger partial charge in [-0.15, -0.1) is 0 Å². The Balaban J connectivity index is 2.31. The Labute approximate surface area is 181 Å². The standard InChI is InChI=1S/C26H37NO3/c1-18(2)26(29)30-17-21-12-13-25(28)24(16-21)23(22-10-8-7-9-11-22)14-15-27(19(3)4)20(5)6/h7-13,16,18-20,23,28H,14-15,17H2,1-6H3/t23-/m1/s1. The predicted molar refractivity (Wildman–Crippen MR) is 123 cm³/mol. The molecule has 0 aliphatic heterocycles. The quantitative estimate of drug-likeness (QED) is 0.507. The van der Waals surface area contributed by atoms with Gasteiger partial charge in [-0.05, 0) is 63.9 Å². The van der Waals surface area contributed by atoms with E-state index in [0.717, 1.165) is 24.1 Å². The fraction of sp³-hybridized carbons (Fsp3) is 0.500. The van der Waals surface area contributed by atoms with Crippen LogP contribution in [-0.2, 0) is 16.1 Å². The van der Waals surface area contributed by atoms with Gasteiger partial charge in [-0.1, -0.05) is 50.2 Å². The number of carbonyl (C=O) groups excluding carboxylic acids is 1. The van der Waals surface area contributed by atoms with E-state index in [0.29, 0.717) is 12.1 Å². The first-order chi connectivity index (χ1) is 14.2. The number of esters is 1. The van der Waals surface area contributed by atoms with E-state index in [1.807, 2.05) is 44.2 Å². The number of phenols is 1. The van der Waals surface area contributed by atoms with Gasteiger partial charge in [0.2, 0.25) is 0 Å². The lowest BCUT2D eigenvalue weighted by atomic mass is 9.86. The molecule has 0 unspecified atom stereocenters. The molecule has 30 heavy (non-hydrogen) atoms. The second-order valence-corrected chi connectivity index (χ2v) is 8.83. The Morgan fingerprint density at radius 1 is 0.967 bits per heavy atom. The summed E-state index contributed by atoms with van der Waals surface area (Å²) in [6.45, 7) is 13.7. The minimum absolute atomic E-state index is 0.0620. The number of ether oxygens (including phenoxy) is 1. The van der Waals surface area contributed by atoms with Crippen LogP contribution in [0.15, 0.2) is 48.5 Å². The molecular formula is C26H37NO3. The maximum absolute atomic E-state index is 11.9. The van der Waals surface area contributed by atoms with E-state index in [4.69, 9.17) is 4.74 Å². The monoisotopic (exact) mass is 411 g/mol. The number of phenolic OH excluding ortho intramolecular Hbond substituents is 1. The van der Waals surface area contributed by atoms with E-state index in [-0.39, 0.29) is 30.2 Å². The van der Waals surface area contributed by atoms with E-state index in [9.17, 15) is 9.90 Å². The molecule has 0 fully saturated rings. The zero-order valence-corrected chi connectivity index (χ0v) is 19.3. The average molecular weight is 412 g/mol. The Bertz CT molecular complexity index is 791. The summed E-state index contributed by atoms with van der Waals surface area (Å²) in [5.41, 5.74) is 2.95. The van der Waals surface area contributed by atoms with Gasteiger partial charge in [0, 0.05) is 23.6 Å². The molecule has 1 atom stereocenters. The third kappa shape index (κ3) is 6.60. The second-order valence-electron chi connectivity index (χ2n) is 8.83. The van der Waals surface area contributed by atoms with Crippen molar-refractivity contribution < 1.29 is 14.6 Å². The molecule has 0 aliphatic carbocycles. The molecule has 4 heteroatoms. The lowest BCUT2D eigenvalue weighted by Crippen LogP contribution is -2.38. The van der Waals surface area contributed by atoms with Crippen LogP contribution >= 0.6 is 0 Å². The average Bonchev–Trinajstić information content (AvgIpc) is 2.70. The minimum atomic E-state index is -0.214. The van der Waals surface area contributed by atoms with Gasteiger partial charge in [0.1, 0.15) is 12.4 Å². The van der Waals surface area contributed by atoms with Gasteiger partial charge in [0.05, 0.1) is 5.92 Å². The molecule has 164 valence electrons. The third-order valence-corrected chi connectivity index (χ3v) is 5.52. The van der Waals surface area contributed by atoms with Crippen LogP contribution in [0.5, 0.6) is 5.75 Å². The van der Waals surface area contributed by atoms with Crippen LogP contribution < -0.4 is 0 Å². The molecule has 2 aromatic rings. The fourth-order valence-corrected chi connectivity index (χ4v) is 3.87. The van der Waals surface area contributed by atoms with Gasteiger partial charge in [0.15, 0.2) is 0 Å². The maximum atomic E-state index is 11.9. The fourth-order valence-electron chi connectivity index (χ4n) is 3.87. The van der Waals surface area contributed by atoms with Gasteiger partial charge in [-0.3, -0.25) is 9.69 Å². The van der Waals surface area contributed by atoms with Crippen LogP contribution in [-0.4, -0.2) is 34.6 Å². The summed E-state index contributed by atoms with van der Waals surface area (Å²) in [6, 6.07) is 16.7. The summed E-state index contributed by atoms with van der Waals surface area (Å²) < 4.78 is 5.40. The van der Waals surface area contributed by atoms with Crippen molar-refractivity contribution in [2.75, 3.05) is 6.54 Å². The number of benzene rings is 2. The van der Waals surface area contributed by atoms with E-state index < -0.39 is 0 Å². The molecule has 0 spiro atoms. The number of carbonyl (C=O) groups is 1. The Morgan fingerprint density at radius 2 is 1.60 bits per heavy atom. The molecule has 2 aromatic carbocycles. The normalized spacial score (nSPS) is 12.7. The Kier molecular flexibility index (Phi) is 8.91. The van der Waals surface area contributed by atoms with Gasteiger partial charge in [0.25, 0.3) is 0 Å². The van der Waals surface area contributed by atoms with Crippen molar-refractivity contribution in [2.45, 2.75) is 72.6 Å². The lowest BCUT2D eigenvalue weighted by Gasteiger charge is -2.32. The molecule has 0 bridgehead atoms. The van der Waals surface area contributed by atoms with E-state index in [1.165, 1.54) is 5.56 Å². The molecule has 0 aliphatic rings. The predicted octanol–water partition coefficient (Wildman–Crippen LogP) is 5.73. The van der Waals surface area contributed by atoms with Crippen LogP contribution in [0.4, 0.5) is 0 Å². The van der Waals surface area contributed by atoms with Crippen LogP contribution in [0.3, 0.4) is 0 Å². The zero-order chi connectivity index (χ0) is 22.3. The molecule has 0 saturated heterocycles. The van der Waals surface area contributed by atoms with E-state index in [1.54, 1.807) is 6.07 Å². The van der Waals surface area contributed by atoms with Crippen molar-refractivity contribution >= 4 is 5.97 Å². The van der Waals surface area contributed by atoms with Crippen LogP contribution in [0.2, 0.25) is 0 Å². The molecule has 4 nitrogen and oxygen atoms in total. The summed E-state index contributed by atoms with van der Waals surface area (Å²) in [7, 11) is 0. The highest BCUT2D eigenvalue weighted by molar-refractivity contribution is 5.71. The number of hydrogen-bond acceptors (Lipinski definition) is 4. The van der Waals surface area contributed by atoms with Gasteiger partial charge in [-0.25, -0.2) is 0 Å². The molecule has 0 saturated carbocycles. The van der Waals surface area contributed by atoms with Gasteiger partial charge < -0.3 is 9.84 Å². The van der Waals surface area contributed by atoms with Crippen LogP contribution in [0.1, 0.15) is 70.6 Å². The van der Waals surface area contributed by atoms with Crippen molar-refractivity contribution in [1.82, 2.24) is 4.90 Å². The highest BCUT2D eigenvalue weighted by Gasteiger charge is 2.22. The van der Waals surface area contributed by atoms with Gasteiger partial charge in [-0.2, -0.15) is 0 Å². The first-order valence-corrected chi connectivity index (χ1v) is 11.0. The highest BCUT2D eigenvalue weighted by atomic mass is 16.5. The highest BCUT2D eigenvalue weighted by Crippen LogP contribution is 2.35. The van der Waals surface area contributed by atoms with Crippen molar-refractivity contribution in [3.05, 3.63) is 65.2 Å². The summed E-state index contributed by atoms with van der Waals surface area (Å²) >= 11 is 0. The number of rotatable bonds is 10. The van der Waals surface area contributed by atoms with Gasteiger partial charge >= 0.3 is 5.97 Å². The largest absolute Gasteiger partial charge is 0.508 e. The van der Waals surface area contributed by atoms with Crippen molar-refractivity contribution in [3.8, 4) is 5.75 Å². The summed E-state index contributed by atoms with van der Waals surface area (Å²) in [4.78, 5) is 14.3. The smallest absolute Gasteiger partial charge is 0.308 e. The molecule has 1 N–H and O–H groups in total. The lowest BCUT2D eigenvalue weighted by molar-refractivity contribution is -0.148. The molecule has 2 rings (SSSR count). The van der Waals surface area contributed by atoms with Crippen molar-refractivity contribution in [2.24, 2.45) is 5.92 Å². The Hall–Kier alpha value is -2.33. The van der Waals surface area contributed by atoms with Crippen LogP contribution in [0.25, 0.3) is 0 Å². The van der Waals surface area contributed by atoms with E-state index in [2.05, 4.69) is 44.7 Å². The molecule has 0 aromatic heterocycles. The molecule has 0 radical (unpaired) electrons. The summed E-state index contributed by atoms with van der Waals surface area (Å²) in [5, 5.41) is 10.7. The Morgan fingerprint density at radius 3 is 2.17 bits per heavy atom. The molecule has 0 heterocycles. The SMILES string of the molecule is CC(C)C(=O)OCc1ccc(O)c([C@H](CCN(C(C)C)C(C)C)c2ccccc2)c1. The van der Waals surface area contributed by atoms with E-state index >= 15 is 0 Å². The maximum Gasteiger partial charge on any atom is 0.308 e. The summed E-state index contributed by atoms with van der Waals surface area (Å²) in [6.07, 6.45) is 0.892. The number of nitrogens with zero attached hydrogens (tertiary/aromatic N) is 1. The number of aromatic hydroxyl groups is 1. The second kappa shape index (κ2) is 11.2. The minimum Gasteiger partial charge on any atom is -0.508 e. The number of hydrogen-bond donors (Lipinski definition) is 1. The third-order valence-electron chi connectivity index (χ3n) is 5.52. The van der Waals surface area contributed by atoms with Crippen LogP contribution in [0, 0.1) is 5.92 Å². The first-order valence-electron chi connectivity index (χ1n) is 11.0. The summed E-state index contributed by atoms with van der Waals surface area (Å²) in [5.74, 6) is -0.0270. The van der Waals surface area contributed by atoms with Crippen molar-refractivity contribution in [3.63, 3.8) is 0 Å². The van der Waals surface area contributed by atoms with Crippen molar-refractivity contribution in [1.29, 1.82) is 0 Å². The zero-order valence-electron chi connectivity index (χ0n) is 19.3.